The lowest BCUT2D eigenvalue weighted by Crippen LogP contribution is -2.47. The van der Waals surface area contributed by atoms with E-state index in [9.17, 15) is 57.5 Å². The van der Waals surface area contributed by atoms with E-state index in [1.54, 1.807) is 20.8 Å². The maximum Gasteiger partial charge on any atom is 0.402 e. The van der Waals surface area contributed by atoms with Gasteiger partial charge in [-0.1, -0.05) is 78.1 Å². The van der Waals surface area contributed by atoms with E-state index < -0.39 is 57.8 Å². The molecule has 0 fully saturated rings. The first-order chi connectivity index (χ1) is 34.3. The molecule has 75 heavy (non-hydrogen) atoms. The zero-order valence-corrected chi connectivity index (χ0v) is 40.7. The molecule has 6 heterocycles. The zero-order valence-electron chi connectivity index (χ0n) is 39.2. The summed E-state index contributed by atoms with van der Waals surface area (Å²) >= 11 is 11.7. The number of aromatic amines is 1. The maximum atomic E-state index is 14.4. The second-order valence-electron chi connectivity index (χ2n) is 17.3. The molecule has 406 valence electrons. The molecule has 3 unspecified atom stereocenters. The SMILES string of the molecule is C.C.CCCC1(C(F)(F)F)c2cc(F)ccc2Nc2c1cc(Cl)[nH]c2=O.CCCC1(C(F)(F)F)c2cc(F)ccc2Nc2c1cc(Cl)nc2OC.CCCC1(C(F)(F)F)c2cc(F)ccc2Nc2c1ccnc2OC. The first kappa shape index (κ1) is 59.5. The highest BCUT2D eigenvalue weighted by Crippen LogP contribution is 2.60. The molecule has 9 rings (SSSR count). The van der Waals surface area contributed by atoms with Crippen LogP contribution in [0.5, 0.6) is 11.8 Å². The molecule has 3 aliphatic rings. The summed E-state index contributed by atoms with van der Waals surface area (Å²) < 4.78 is 180. The Labute approximate surface area is 434 Å². The number of pyridine rings is 3. The topological polar surface area (TPSA) is 113 Å². The van der Waals surface area contributed by atoms with E-state index >= 15 is 0 Å². The van der Waals surface area contributed by atoms with Crippen molar-refractivity contribution in [3.63, 3.8) is 0 Å². The van der Waals surface area contributed by atoms with Crippen molar-refractivity contribution in [2.75, 3.05) is 30.2 Å². The molecule has 9 nitrogen and oxygen atoms in total. The largest absolute Gasteiger partial charge is 0.480 e. The Morgan fingerprint density at radius 1 is 0.520 bits per heavy atom. The number of nitrogens with one attached hydrogen (secondary N) is 4. The number of benzene rings is 3. The third-order valence-corrected chi connectivity index (χ3v) is 13.5. The third-order valence-electron chi connectivity index (χ3n) is 13.1. The van der Waals surface area contributed by atoms with Gasteiger partial charge in [-0.15, -0.1) is 0 Å². The Balaban J connectivity index is 0.000000205. The van der Waals surface area contributed by atoms with Crippen molar-refractivity contribution < 1.29 is 62.2 Å². The zero-order chi connectivity index (χ0) is 53.6. The fraction of sp³-hybridized carbons (Fsp3) is 0.365. The number of hydrogen-bond acceptors (Lipinski definition) is 8. The Morgan fingerprint density at radius 3 is 1.28 bits per heavy atom. The molecule has 0 amide bonds. The molecule has 6 aromatic rings. The van der Waals surface area contributed by atoms with E-state index in [-0.39, 0.29) is 143 Å². The molecule has 0 bridgehead atoms. The minimum absolute atomic E-state index is 0. The number of hydrogen-bond donors (Lipinski definition) is 4. The summed E-state index contributed by atoms with van der Waals surface area (Å²) in [4.78, 5) is 22.3. The van der Waals surface area contributed by atoms with E-state index in [0.29, 0.717) is 0 Å². The Bertz CT molecular complexity index is 3120. The van der Waals surface area contributed by atoms with Gasteiger partial charge in [0.1, 0.15) is 61.1 Å². The fourth-order valence-corrected chi connectivity index (χ4v) is 10.6. The first-order valence-corrected chi connectivity index (χ1v) is 23.2. The van der Waals surface area contributed by atoms with Crippen molar-refractivity contribution in [3.8, 4) is 11.8 Å². The molecular formula is C52H52Cl2F12N6O3. The average molecular weight is 1110 g/mol. The first-order valence-electron chi connectivity index (χ1n) is 22.4. The van der Waals surface area contributed by atoms with E-state index in [1.165, 1.54) is 50.7 Å². The van der Waals surface area contributed by atoms with Crippen molar-refractivity contribution in [1.82, 2.24) is 15.0 Å². The normalized spacial score (nSPS) is 18.7. The van der Waals surface area contributed by atoms with Crippen LogP contribution in [0.1, 0.15) is 108 Å². The van der Waals surface area contributed by atoms with Gasteiger partial charge in [0.25, 0.3) is 5.56 Å². The van der Waals surface area contributed by atoms with Crippen molar-refractivity contribution in [2.24, 2.45) is 0 Å². The molecule has 0 spiro atoms. The summed E-state index contributed by atoms with van der Waals surface area (Å²) in [5, 5.41) is 8.16. The van der Waals surface area contributed by atoms with E-state index in [0.717, 1.165) is 42.5 Å². The number of anilines is 6. The second kappa shape index (κ2) is 22.1. The molecular weight excluding hydrogens is 1060 g/mol. The number of fused-ring (bicyclic) bond motifs is 6. The lowest BCUT2D eigenvalue weighted by Gasteiger charge is -2.42. The lowest BCUT2D eigenvalue weighted by molar-refractivity contribution is -0.181. The second-order valence-corrected chi connectivity index (χ2v) is 18.1. The molecule has 4 N–H and O–H groups in total. The van der Waals surface area contributed by atoms with Gasteiger partial charge < -0.3 is 30.4 Å². The summed E-state index contributed by atoms with van der Waals surface area (Å²) in [6.45, 7) is 4.92. The summed E-state index contributed by atoms with van der Waals surface area (Å²) in [6.07, 6.45) is -12.8. The number of aromatic nitrogens is 3. The predicted molar refractivity (Wildman–Crippen MR) is 266 cm³/mol. The van der Waals surface area contributed by atoms with Gasteiger partial charge in [0.15, 0.2) is 0 Å². The highest BCUT2D eigenvalue weighted by Gasteiger charge is 2.62. The highest BCUT2D eigenvalue weighted by molar-refractivity contribution is 6.30. The quantitative estimate of drug-likeness (QED) is 0.0881. The molecule has 3 aromatic carbocycles. The average Bonchev–Trinajstić information content (AvgIpc) is 3.31. The van der Waals surface area contributed by atoms with Crippen LogP contribution in [0, 0.1) is 17.5 Å². The Hall–Kier alpha value is -6.35. The number of rotatable bonds is 8. The number of methoxy groups -OCH3 is 2. The number of H-pyrrole nitrogens is 1. The van der Waals surface area contributed by atoms with Gasteiger partial charge in [-0.05, 0) is 109 Å². The van der Waals surface area contributed by atoms with Crippen LogP contribution in [0.3, 0.4) is 0 Å². The van der Waals surface area contributed by atoms with Gasteiger partial charge in [0.05, 0.1) is 14.2 Å². The molecule has 23 heteroatoms. The van der Waals surface area contributed by atoms with Gasteiger partial charge in [-0.3, -0.25) is 4.79 Å². The van der Waals surface area contributed by atoms with E-state index in [2.05, 4.69) is 30.9 Å². The summed E-state index contributed by atoms with van der Waals surface area (Å²) in [5.74, 6) is -2.18. The summed E-state index contributed by atoms with van der Waals surface area (Å²) in [6, 6.07) is 13.4. The minimum Gasteiger partial charge on any atom is -0.480 e. The van der Waals surface area contributed by atoms with Crippen molar-refractivity contribution in [1.29, 1.82) is 0 Å². The summed E-state index contributed by atoms with van der Waals surface area (Å²) in [7, 11) is 2.65. The van der Waals surface area contributed by atoms with Crippen molar-refractivity contribution >= 4 is 57.3 Å². The highest BCUT2D eigenvalue weighted by atomic mass is 35.5. The molecule has 0 saturated carbocycles. The van der Waals surface area contributed by atoms with Gasteiger partial charge >= 0.3 is 18.5 Å². The monoisotopic (exact) mass is 1110 g/mol. The minimum atomic E-state index is -4.74. The van der Waals surface area contributed by atoms with E-state index in [1.807, 2.05) is 0 Å². The molecule has 3 aliphatic heterocycles. The number of nitrogens with zero attached hydrogens (tertiary/aromatic N) is 2. The van der Waals surface area contributed by atoms with Crippen LogP contribution in [0.4, 0.5) is 86.8 Å². The maximum absolute atomic E-state index is 14.4. The number of ether oxygens (including phenoxy) is 2. The van der Waals surface area contributed by atoms with Crippen LogP contribution < -0.4 is 31.0 Å². The summed E-state index contributed by atoms with van der Waals surface area (Å²) in [5.41, 5.74) is -8.41. The van der Waals surface area contributed by atoms with Crippen LogP contribution in [0.2, 0.25) is 10.3 Å². The van der Waals surface area contributed by atoms with E-state index in [4.69, 9.17) is 32.7 Å². The van der Waals surface area contributed by atoms with Crippen LogP contribution in [0.15, 0.2) is 83.8 Å². The molecule has 0 radical (unpaired) electrons. The predicted octanol–water partition coefficient (Wildman–Crippen LogP) is 16.7. The van der Waals surface area contributed by atoms with Crippen molar-refractivity contribution in [2.45, 2.75) is 109 Å². The molecule has 3 atom stereocenters. The Kier molecular flexibility index (Phi) is 17.5. The molecule has 3 aromatic heterocycles. The smallest absolute Gasteiger partial charge is 0.402 e. The molecule has 0 aliphatic carbocycles. The number of halogens is 14. The van der Waals surface area contributed by atoms with Crippen LogP contribution in [0.25, 0.3) is 0 Å². The fourth-order valence-electron chi connectivity index (χ4n) is 10.2. The standard InChI is InChI=1S/C17H15ClF4N2O.C17H16F4N2O.C16H13ClF4N2O.2CH4/c1-3-6-16(17(20,21)22)10-7-9(19)4-5-12(10)23-14-11(16)8-13(18)24-15(14)25-2;1-3-7-16(17(19,20)21)11-6-8-22-15(24-2)14(11)23-13-5-4-10(18)9-12(13)16;1-2-5-15(16(19,20)21)9-6-8(18)3-4-11(9)22-13-10(15)7-12(17)23-14(13)24;;/h4-5,7-8,23H,3,6H2,1-2H3;4-6,8-9,23H,3,7H2,1-2H3;3-4,6-7,22H,2,5H2,1H3,(H,23,24);2*1H4. The third kappa shape index (κ3) is 10.1. The van der Waals surface area contributed by atoms with Gasteiger partial charge in [-0.2, -0.15) is 44.5 Å². The van der Waals surface area contributed by atoms with Gasteiger partial charge in [0, 0.05) is 39.9 Å². The van der Waals surface area contributed by atoms with Gasteiger partial charge in [0.2, 0.25) is 11.8 Å². The van der Waals surface area contributed by atoms with Gasteiger partial charge in [-0.25, -0.2) is 18.2 Å². The van der Waals surface area contributed by atoms with Crippen molar-refractivity contribution in [3.05, 3.63) is 150 Å². The van der Waals surface area contributed by atoms with Crippen LogP contribution >= 0.6 is 23.2 Å². The van der Waals surface area contributed by atoms with Crippen LogP contribution in [-0.2, 0) is 16.2 Å². The van der Waals surface area contributed by atoms with Crippen LogP contribution in [-0.4, -0.2) is 47.7 Å². The Morgan fingerprint density at radius 2 is 0.893 bits per heavy atom. The number of alkyl halides is 9. The lowest BCUT2D eigenvalue weighted by atomic mass is 9.68. The molecule has 0 saturated heterocycles.